The minimum Gasteiger partial charge on any atom is -0.394 e. The Bertz CT molecular complexity index is 733. The highest BCUT2D eigenvalue weighted by Crippen LogP contribution is 2.28. The number of anilines is 1. The van der Waals surface area contributed by atoms with Gasteiger partial charge in [0.05, 0.1) is 23.3 Å². The second kappa shape index (κ2) is 7.73. The van der Waals surface area contributed by atoms with Gasteiger partial charge >= 0.3 is 0 Å². The third kappa shape index (κ3) is 4.31. The number of alkyl halides is 2. The Kier molecular flexibility index (Phi) is 5.92. The molecule has 0 spiro atoms. The molecule has 1 atom stereocenters. The van der Waals surface area contributed by atoms with Crippen molar-refractivity contribution in [3.8, 4) is 11.4 Å². The highest BCUT2D eigenvalue weighted by atomic mass is 35.5. The number of benzene rings is 1. The number of nitrogens with zero attached hydrogens (tertiary/aromatic N) is 2. The topological polar surface area (TPSA) is 78.3 Å². The summed E-state index contributed by atoms with van der Waals surface area (Å²) in [5.41, 5.74) is -1.15. The summed E-state index contributed by atoms with van der Waals surface area (Å²) in [7, 11) is 0. The molecule has 0 aliphatic carbocycles. The van der Waals surface area contributed by atoms with Gasteiger partial charge in [0.25, 0.3) is 6.43 Å². The van der Waals surface area contributed by atoms with Crippen molar-refractivity contribution in [1.29, 1.82) is 0 Å². The molecular weight excluding hydrogens is 354 g/mol. The van der Waals surface area contributed by atoms with Gasteiger partial charge in [0.15, 0.2) is 5.82 Å². The number of hydrogen-bond donors (Lipinski definition) is 3. The molecule has 0 aliphatic rings. The molecule has 0 saturated carbocycles. The lowest BCUT2D eigenvalue weighted by Crippen LogP contribution is -2.23. The molecule has 130 valence electrons. The fraction of sp³-hybridized carbons (Fsp3) is 0.286. The normalized spacial score (nSPS) is 12.5. The monoisotopic (exact) mass is 365 g/mol. The molecule has 5 nitrogen and oxygen atoms in total. The SMILES string of the molecule is OC[C@H](O)CNc1cc(C(F)F)nc(-c2cc(F)c(Cl)cc2F)n1. The number of nitrogens with one attached hydrogen (secondary N) is 1. The summed E-state index contributed by atoms with van der Waals surface area (Å²) < 4.78 is 53.4. The molecule has 1 aromatic carbocycles. The summed E-state index contributed by atoms with van der Waals surface area (Å²) >= 11 is 5.45. The van der Waals surface area contributed by atoms with Crippen molar-refractivity contribution in [2.75, 3.05) is 18.5 Å². The quantitative estimate of drug-likeness (QED) is 0.542. The number of aliphatic hydroxyl groups excluding tert-OH is 2. The van der Waals surface area contributed by atoms with E-state index in [0.717, 1.165) is 6.07 Å². The maximum Gasteiger partial charge on any atom is 0.280 e. The molecule has 0 saturated heterocycles. The fourth-order valence-electron chi connectivity index (χ4n) is 1.77. The second-order valence-corrected chi connectivity index (χ2v) is 5.17. The zero-order valence-corrected chi connectivity index (χ0v) is 12.7. The van der Waals surface area contributed by atoms with Crippen LogP contribution in [0.15, 0.2) is 18.2 Å². The molecule has 0 fully saturated rings. The Morgan fingerprint density at radius 3 is 2.46 bits per heavy atom. The molecule has 3 N–H and O–H groups in total. The van der Waals surface area contributed by atoms with Crippen LogP contribution < -0.4 is 5.32 Å². The van der Waals surface area contributed by atoms with Gasteiger partial charge in [0, 0.05) is 12.6 Å². The minimum atomic E-state index is -2.98. The Balaban J connectivity index is 2.45. The number of halogens is 5. The van der Waals surface area contributed by atoms with E-state index < -0.39 is 52.9 Å². The standard InChI is InChI=1S/C14H12ClF4N3O2/c15-8-2-9(16)7(1-10(8)17)14-21-11(13(18)19)3-12(22-14)20-4-6(24)5-23/h1-3,6,13,23-24H,4-5H2,(H,20,21,22)/t6-/m1/s1. The van der Waals surface area contributed by atoms with Crippen LogP contribution in [0.1, 0.15) is 12.1 Å². The lowest BCUT2D eigenvalue weighted by molar-refractivity contribution is 0.105. The summed E-state index contributed by atoms with van der Waals surface area (Å²) in [5, 5.41) is 20.0. The van der Waals surface area contributed by atoms with Gasteiger partial charge in [-0.3, -0.25) is 0 Å². The van der Waals surface area contributed by atoms with Crippen LogP contribution in [0.4, 0.5) is 23.4 Å². The van der Waals surface area contributed by atoms with Gasteiger partial charge in [0.1, 0.15) is 23.1 Å². The van der Waals surface area contributed by atoms with E-state index >= 15 is 0 Å². The fourth-order valence-corrected chi connectivity index (χ4v) is 1.92. The Morgan fingerprint density at radius 1 is 1.12 bits per heavy atom. The predicted octanol–water partition coefficient (Wildman–Crippen LogP) is 2.78. The third-order valence-corrected chi connectivity index (χ3v) is 3.24. The number of rotatable bonds is 6. The van der Waals surface area contributed by atoms with Crippen molar-refractivity contribution in [3.63, 3.8) is 0 Å². The first-order chi connectivity index (χ1) is 11.3. The van der Waals surface area contributed by atoms with Crippen LogP contribution in [0.25, 0.3) is 11.4 Å². The first-order valence-corrected chi connectivity index (χ1v) is 7.04. The zero-order chi connectivity index (χ0) is 17.9. The van der Waals surface area contributed by atoms with E-state index in [2.05, 4.69) is 15.3 Å². The van der Waals surface area contributed by atoms with Crippen LogP contribution in [-0.4, -0.2) is 39.4 Å². The van der Waals surface area contributed by atoms with E-state index in [9.17, 15) is 22.7 Å². The second-order valence-electron chi connectivity index (χ2n) is 4.77. The Hall–Kier alpha value is -1.97. The molecule has 1 heterocycles. The smallest absolute Gasteiger partial charge is 0.280 e. The molecular formula is C14H12ClF4N3O2. The number of aliphatic hydroxyl groups is 2. The molecule has 2 aromatic rings. The molecule has 10 heteroatoms. The highest BCUT2D eigenvalue weighted by Gasteiger charge is 2.18. The van der Waals surface area contributed by atoms with E-state index in [4.69, 9.17) is 16.7 Å². The maximum absolute atomic E-state index is 13.9. The summed E-state index contributed by atoms with van der Waals surface area (Å²) in [5.74, 6) is -2.54. The van der Waals surface area contributed by atoms with Crippen molar-refractivity contribution in [2.45, 2.75) is 12.5 Å². The lowest BCUT2D eigenvalue weighted by Gasteiger charge is -2.12. The summed E-state index contributed by atoms with van der Waals surface area (Å²) in [6, 6.07) is 2.30. The maximum atomic E-state index is 13.9. The first kappa shape index (κ1) is 18.4. The molecule has 0 radical (unpaired) electrons. The lowest BCUT2D eigenvalue weighted by atomic mass is 10.2. The summed E-state index contributed by atoms with van der Waals surface area (Å²) in [6.45, 7) is -0.739. The van der Waals surface area contributed by atoms with E-state index in [1.165, 1.54) is 0 Å². The molecule has 2 rings (SSSR count). The van der Waals surface area contributed by atoms with Crippen LogP contribution in [-0.2, 0) is 0 Å². The van der Waals surface area contributed by atoms with E-state index in [1.807, 2.05) is 0 Å². The molecule has 0 aliphatic heterocycles. The van der Waals surface area contributed by atoms with Gasteiger partial charge < -0.3 is 15.5 Å². The van der Waals surface area contributed by atoms with Gasteiger partial charge in [-0.2, -0.15) is 0 Å². The average molecular weight is 366 g/mol. The zero-order valence-electron chi connectivity index (χ0n) is 12.0. The number of hydrogen-bond acceptors (Lipinski definition) is 5. The summed E-state index contributed by atoms with van der Waals surface area (Å²) in [4.78, 5) is 7.35. The van der Waals surface area contributed by atoms with Gasteiger partial charge in [-0.05, 0) is 12.1 Å². The van der Waals surface area contributed by atoms with Crippen LogP contribution >= 0.6 is 11.6 Å². The van der Waals surface area contributed by atoms with Crippen molar-refractivity contribution in [3.05, 3.63) is 40.6 Å². The van der Waals surface area contributed by atoms with Crippen LogP contribution in [0.2, 0.25) is 5.02 Å². The molecule has 1 aromatic heterocycles. The molecule has 0 bridgehead atoms. The van der Waals surface area contributed by atoms with Gasteiger partial charge in [-0.1, -0.05) is 11.6 Å². The molecule has 24 heavy (non-hydrogen) atoms. The van der Waals surface area contributed by atoms with E-state index in [-0.39, 0.29) is 12.4 Å². The van der Waals surface area contributed by atoms with Crippen molar-refractivity contribution >= 4 is 17.4 Å². The van der Waals surface area contributed by atoms with Crippen molar-refractivity contribution < 1.29 is 27.8 Å². The van der Waals surface area contributed by atoms with Crippen LogP contribution in [0, 0.1) is 11.6 Å². The predicted molar refractivity (Wildman–Crippen MR) is 78.9 cm³/mol. The Labute approximate surface area is 138 Å². The molecule has 0 unspecified atom stereocenters. The van der Waals surface area contributed by atoms with Gasteiger partial charge in [-0.25, -0.2) is 27.5 Å². The van der Waals surface area contributed by atoms with Gasteiger partial charge in [0.2, 0.25) is 0 Å². The largest absolute Gasteiger partial charge is 0.394 e. The van der Waals surface area contributed by atoms with Crippen molar-refractivity contribution in [1.82, 2.24) is 9.97 Å². The average Bonchev–Trinajstić information content (AvgIpc) is 2.55. The van der Waals surface area contributed by atoms with Crippen LogP contribution in [0.5, 0.6) is 0 Å². The van der Waals surface area contributed by atoms with Gasteiger partial charge in [-0.15, -0.1) is 0 Å². The third-order valence-electron chi connectivity index (χ3n) is 2.95. The minimum absolute atomic E-state index is 0.141. The van der Waals surface area contributed by atoms with E-state index in [1.54, 1.807) is 0 Å². The summed E-state index contributed by atoms with van der Waals surface area (Å²) in [6.07, 6.45) is -4.13. The Morgan fingerprint density at radius 2 is 1.83 bits per heavy atom. The van der Waals surface area contributed by atoms with Crippen LogP contribution in [0.3, 0.4) is 0 Å². The number of aromatic nitrogens is 2. The van der Waals surface area contributed by atoms with Crippen molar-refractivity contribution in [2.24, 2.45) is 0 Å². The molecule has 0 amide bonds. The first-order valence-electron chi connectivity index (χ1n) is 6.66. The van der Waals surface area contributed by atoms with E-state index in [0.29, 0.717) is 12.1 Å². The highest BCUT2D eigenvalue weighted by molar-refractivity contribution is 6.30.